The van der Waals surface area contributed by atoms with E-state index < -0.39 is 0 Å². The molecule has 7 nitrogen and oxygen atoms in total. The van der Waals surface area contributed by atoms with Crippen molar-refractivity contribution in [2.75, 3.05) is 40.4 Å². The number of nitrogens with zero attached hydrogens (tertiary/aromatic N) is 3. The molecular weight excluding hydrogens is 469 g/mol. The molecule has 0 spiro atoms. The van der Waals surface area contributed by atoms with Gasteiger partial charge in [-0.2, -0.15) is 0 Å². The Labute approximate surface area is 184 Å². The van der Waals surface area contributed by atoms with Gasteiger partial charge in [-0.05, 0) is 31.5 Å². The summed E-state index contributed by atoms with van der Waals surface area (Å²) in [6, 6.07) is 10.4. The highest BCUT2D eigenvalue weighted by Crippen LogP contribution is 2.18. The van der Waals surface area contributed by atoms with E-state index in [0.717, 1.165) is 43.5 Å². The number of rotatable bonds is 8. The number of methoxy groups -OCH3 is 1. The zero-order chi connectivity index (χ0) is 18.9. The highest BCUT2D eigenvalue weighted by atomic mass is 127. The van der Waals surface area contributed by atoms with E-state index >= 15 is 0 Å². The van der Waals surface area contributed by atoms with Gasteiger partial charge in [-0.15, -0.1) is 24.0 Å². The van der Waals surface area contributed by atoms with Gasteiger partial charge in [-0.25, -0.2) is 4.98 Å². The van der Waals surface area contributed by atoms with E-state index in [1.165, 1.54) is 12.8 Å². The van der Waals surface area contributed by atoms with Crippen molar-refractivity contribution in [3.63, 3.8) is 0 Å². The maximum absolute atomic E-state index is 5.58. The summed E-state index contributed by atoms with van der Waals surface area (Å²) in [7, 11) is 3.53. The van der Waals surface area contributed by atoms with Gasteiger partial charge in [0, 0.05) is 38.9 Å². The van der Waals surface area contributed by atoms with Gasteiger partial charge in [0.15, 0.2) is 5.96 Å². The predicted octanol–water partition coefficient (Wildman–Crippen LogP) is 2.74. The van der Waals surface area contributed by atoms with Crippen molar-refractivity contribution < 1.29 is 9.15 Å². The fourth-order valence-electron chi connectivity index (χ4n) is 3.34. The minimum atomic E-state index is 0. The quantitative estimate of drug-likeness (QED) is 0.331. The molecule has 0 bridgehead atoms. The molecule has 1 atom stereocenters. The first-order valence-electron chi connectivity index (χ1n) is 9.47. The Morgan fingerprint density at radius 3 is 2.89 bits per heavy atom. The molecule has 1 saturated heterocycles. The number of halogens is 1. The van der Waals surface area contributed by atoms with Crippen LogP contribution in [0.2, 0.25) is 0 Å². The normalized spacial score (nSPS) is 17.4. The van der Waals surface area contributed by atoms with Crippen LogP contribution in [0.4, 0.5) is 0 Å². The maximum Gasteiger partial charge on any atom is 0.226 e. The lowest BCUT2D eigenvalue weighted by atomic mass is 10.2. The zero-order valence-corrected chi connectivity index (χ0v) is 18.9. The SMILES string of the molecule is CN=C(NCc1coc(-c2ccccc2)n1)NCC1CCCN1CCOC.I. The van der Waals surface area contributed by atoms with Crippen LogP contribution in [0.5, 0.6) is 0 Å². The number of oxazole rings is 1. The van der Waals surface area contributed by atoms with Crippen LogP contribution in [0.15, 0.2) is 46.0 Å². The largest absolute Gasteiger partial charge is 0.444 e. The van der Waals surface area contributed by atoms with Crippen LogP contribution in [-0.2, 0) is 11.3 Å². The lowest BCUT2D eigenvalue weighted by molar-refractivity contribution is 0.141. The van der Waals surface area contributed by atoms with Crippen molar-refractivity contribution in [2.45, 2.75) is 25.4 Å². The minimum absolute atomic E-state index is 0. The highest BCUT2D eigenvalue weighted by Gasteiger charge is 2.23. The van der Waals surface area contributed by atoms with Crippen molar-refractivity contribution in [3.8, 4) is 11.5 Å². The van der Waals surface area contributed by atoms with Gasteiger partial charge in [-0.3, -0.25) is 9.89 Å². The Morgan fingerprint density at radius 2 is 2.14 bits per heavy atom. The Hall–Kier alpha value is -1.65. The zero-order valence-electron chi connectivity index (χ0n) is 16.6. The van der Waals surface area contributed by atoms with E-state index in [4.69, 9.17) is 9.15 Å². The number of hydrogen-bond acceptors (Lipinski definition) is 5. The van der Waals surface area contributed by atoms with Crippen molar-refractivity contribution in [1.29, 1.82) is 0 Å². The van der Waals surface area contributed by atoms with E-state index in [9.17, 15) is 0 Å². The maximum atomic E-state index is 5.58. The molecule has 1 aromatic carbocycles. The van der Waals surface area contributed by atoms with Gasteiger partial charge < -0.3 is 19.8 Å². The number of nitrogens with one attached hydrogen (secondary N) is 2. The van der Waals surface area contributed by atoms with E-state index in [1.54, 1.807) is 20.4 Å². The second-order valence-electron chi connectivity index (χ2n) is 6.64. The molecule has 1 aliphatic rings. The molecule has 3 rings (SSSR count). The van der Waals surface area contributed by atoms with Gasteiger partial charge in [0.1, 0.15) is 6.26 Å². The van der Waals surface area contributed by atoms with E-state index in [2.05, 4.69) is 25.5 Å². The predicted molar refractivity (Wildman–Crippen MR) is 122 cm³/mol. The average Bonchev–Trinajstić information content (AvgIpc) is 3.36. The fraction of sp³-hybridized carbons (Fsp3) is 0.500. The lowest BCUT2D eigenvalue weighted by Gasteiger charge is -2.25. The molecule has 1 aliphatic heterocycles. The first-order chi connectivity index (χ1) is 13.3. The van der Waals surface area contributed by atoms with Gasteiger partial charge in [0.25, 0.3) is 0 Å². The summed E-state index contributed by atoms with van der Waals surface area (Å²) in [5.41, 5.74) is 1.82. The van der Waals surface area contributed by atoms with Crippen LogP contribution < -0.4 is 10.6 Å². The smallest absolute Gasteiger partial charge is 0.226 e. The van der Waals surface area contributed by atoms with Crippen molar-refractivity contribution in [1.82, 2.24) is 20.5 Å². The van der Waals surface area contributed by atoms with Crippen LogP contribution >= 0.6 is 24.0 Å². The molecule has 2 N–H and O–H groups in total. The molecule has 0 amide bonds. The third-order valence-corrected chi connectivity index (χ3v) is 4.82. The Kier molecular flexibility index (Phi) is 9.72. The monoisotopic (exact) mass is 499 g/mol. The number of likely N-dealkylation sites (tertiary alicyclic amines) is 1. The molecule has 8 heteroatoms. The average molecular weight is 499 g/mol. The standard InChI is InChI=1S/C20H29N5O2.HI/c1-21-20(23-14-18-9-6-10-25(18)11-12-26-2)22-13-17-15-27-19(24-17)16-7-4-3-5-8-16;/h3-5,7-8,15,18H,6,9-14H2,1-2H3,(H2,21,22,23);1H. The second kappa shape index (κ2) is 12.0. The van der Waals surface area contributed by atoms with Gasteiger partial charge in [0.2, 0.25) is 5.89 Å². The van der Waals surface area contributed by atoms with Crippen LogP contribution in [-0.4, -0.2) is 62.3 Å². The van der Waals surface area contributed by atoms with E-state index in [1.807, 2.05) is 30.3 Å². The third kappa shape index (κ3) is 6.46. The van der Waals surface area contributed by atoms with Gasteiger partial charge >= 0.3 is 0 Å². The fourth-order valence-corrected chi connectivity index (χ4v) is 3.34. The molecule has 154 valence electrons. The molecule has 2 aromatic rings. The summed E-state index contributed by atoms with van der Waals surface area (Å²) in [5.74, 6) is 1.41. The van der Waals surface area contributed by atoms with Crippen LogP contribution in [0.3, 0.4) is 0 Å². The van der Waals surface area contributed by atoms with Crippen molar-refractivity contribution >= 4 is 29.9 Å². The number of guanidine groups is 1. The molecule has 1 unspecified atom stereocenters. The van der Waals surface area contributed by atoms with Crippen LogP contribution in [0.25, 0.3) is 11.5 Å². The number of aromatic nitrogens is 1. The number of ether oxygens (including phenoxy) is 1. The summed E-state index contributed by atoms with van der Waals surface area (Å²) < 4.78 is 10.8. The molecule has 0 aliphatic carbocycles. The number of hydrogen-bond donors (Lipinski definition) is 2. The summed E-state index contributed by atoms with van der Waals surface area (Å²) in [6.45, 7) is 4.34. The summed E-state index contributed by atoms with van der Waals surface area (Å²) in [5, 5.41) is 6.73. The van der Waals surface area contributed by atoms with E-state index in [0.29, 0.717) is 18.5 Å². The summed E-state index contributed by atoms with van der Waals surface area (Å²) in [6.07, 6.45) is 4.13. The third-order valence-electron chi connectivity index (χ3n) is 4.82. The molecule has 28 heavy (non-hydrogen) atoms. The molecule has 0 radical (unpaired) electrons. The Morgan fingerprint density at radius 1 is 1.32 bits per heavy atom. The summed E-state index contributed by atoms with van der Waals surface area (Å²) in [4.78, 5) is 11.3. The Balaban J connectivity index is 0.00000280. The topological polar surface area (TPSA) is 74.9 Å². The lowest BCUT2D eigenvalue weighted by Crippen LogP contribution is -2.45. The summed E-state index contributed by atoms with van der Waals surface area (Å²) >= 11 is 0. The molecule has 0 saturated carbocycles. The van der Waals surface area contributed by atoms with Crippen LogP contribution in [0, 0.1) is 0 Å². The second-order valence-corrected chi connectivity index (χ2v) is 6.64. The van der Waals surface area contributed by atoms with Crippen molar-refractivity contribution in [3.05, 3.63) is 42.3 Å². The first kappa shape index (κ1) is 22.6. The van der Waals surface area contributed by atoms with Crippen LogP contribution in [0.1, 0.15) is 18.5 Å². The highest BCUT2D eigenvalue weighted by molar-refractivity contribution is 14.0. The van der Waals surface area contributed by atoms with Crippen molar-refractivity contribution in [2.24, 2.45) is 4.99 Å². The molecule has 2 heterocycles. The molecule has 1 aromatic heterocycles. The Bertz CT molecular complexity index is 722. The van der Waals surface area contributed by atoms with E-state index in [-0.39, 0.29) is 24.0 Å². The van der Waals surface area contributed by atoms with Gasteiger partial charge in [-0.1, -0.05) is 18.2 Å². The molecular formula is C20H30IN5O2. The van der Waals surface area contributed by atoms with Gasteiger partial charge in [0.05, 0.1) is 18.8 Å². The molecule has 1 fully saturated rings. The first-order valence-corrected chi connectivity index (χ1v) is 9.47. The number of aliphatic imine (C=N–C) groups is 1. The number of benzene rings is 1. The minimum Gasteiger partial charge on any atom is -0.444 e.